The van der Waals surface area contributed by atoms with Crippen molar-refractivity contribution in [3.8, 4) is 17.4 Å². The van der Waals surface area contributed by atoms with E-state index in [0.29, 0.717) is 28.7 Å². The Morgan fingerprint density at radius 3 is 2.46 bits per heavy atom. The standard InChI is InChI=1S/C22H26ClF3N2O6S/c1-4-5-6-9-35(31,32)28(21(29)30)13-15-7-8-17(33-14(2)3)11-19(15)34-20-18(23)10-16(12-27-20)22(24,25)26/h7-8,10-12,14H,4-6,9,13H2,1-3H3,(H,29,30). The Kier molecular flexibility index (Phi) is 9.61. The van der Waals surface area contributed by atoms with E-state index in [4.69, 9.17) is 21.1 Å². The number of halogens is 4. The van der Waals surface area contributed by atoms with Gasteiger partial charge in [-0.05, 0) is 38.5 Å². The van der Waals surface area contributed by atoms with Crippen molar-refractivity contribution in [3.63, 3.8) is 0 Å². The number of unbranched alkanes of at least 4 members (excludes halogenated alkanes) is 2. The summed E-state index contributed by atoms with van der Waals surface area (Å²) in [7, 11) is -4.16. The molecule has 0 aliphatic heterocycles. The summed E-state index contributed by atoms with van der Waals surface area (Å²) in [5, 5.41) is 9.13. The Hall–Kier alpha value is -2.73. The van der Waals surface area contributed by atoms with Gasteiger partial charge in [-0.15, -0.1) is 0 Å². The molecule has 0 unspecified atom stereocenters. The molecule has 0 radical (unpaired) electrons. The van der Waals surface area contributed by atoms with Crippen LogP contribution in [0.15, 0.2) is 30.5 Å². The number of hydrogen-bond acceptors (Lipinski definition) is 6. The molecule has 0 saturated heterocycles. The number of carbonyl (C=O) groups is 1. The van der Waals surface area contributed by atoms with Crippen LogP contribution >= 0.6 is 11.6 Å². The molecule has 0 aliphatic rings. The maximum atomic E-state index is 12.9. The van der Waals surface area contributed by atoms with Gasteiger partial charge in [-0.25, -0.2) is 18.2 Å². The first-order chi connectivity index (χ1) is 16.2. The number of sulfonamides is 1. The van der Waals surface area contributed by atoms with Crippen molar-refractivity contribution in [2.24, 2.45) is 0 Å². The number of amides is 1. The van der Waals surface area contributed by atoms with E-state index in [0.717, 1.165) is 6.42 Å². The molecule has 194 valence electrons. The number of carboxylic acid groups (broad SMARTS) is 1. The number of benzene rings is 1. The van der Waals surface area contributed by atoms with Gasteiger partial charge in [0, 0.05) is 17.8 Å². The minimum Gasteiger partial charge on any atom is -0.491 e. The Morgan fingerprint density at radius 1 is 1.23 bits per heavy atom. The molecule has 35 heavy (non-hydrogen) atoms. The first kappa shape index (κ1) is 28.5. The zero-order valence-corrected chi connectivity index (χ0v) is 20.9. The SMILES string of the molecule is CCCCCS(=O)(=O)N(Cc1ccc(OC(C)C)cc1Oc1ncc(C(F)(F)F)cc1Cl)C(=O)O. The van der Waals surface area contributed by atoms with Crippen LogP contribution in [0.5, 0.6) is 17.4 Å². The zero-order chi connectivity index (χ0) is 26.4. The normalized spacial score (nSPS) is 12.0. The predicted octanol–water partition coefficient (Wildman–Crippen LogP) is 6.33. The molecule has 1 amide bonds. The van der Waals surface area contributed by atoms with E-state index < -0.39 is 39.4 Å². The molecule has 1 aromatic carbocycles. The maximum Gasteiger partial charge on any atom is 0.421 e. The van der Waals surface area contributed by atoms with Crippen LogP contribution in [0, 0.1) is 0 Å². The molecule has 1 heterocycles. The van der Waals surface area contributed by atoms with Crippen LogP contribution < -0.4 is 9.47 Å². The Balaban J connectivity index is 2.45. The van der Waals surface area contributed by atoms with Gasteiger partial charge in [0.2, 0.25) is 15.9 Å². The summed E-state index contributed by atoms with van der Waals surface area (Å²) < 4.78 is 75.6. The van der Waals surface area contributed by atoms with Gasteiger partial charge in [0.05, 0.1) is 24.0 Å². The summed E-state index contributed by atoms with van der Waals surface area (Å²) >= 11 is 5.94. The quantitative estimate of drug-likeness (QED) is 0.333. The zero-order valence-electron chi connectivity index (χ0n) is 19.3. The van der Waals surface area contributed by atoms with Crippen molar-refractivity contribution in [1.29, 1.82) is 0 Å². The van der Waals surface area contributed by atoms with Gasteiger partial charge < -0.3 is 14.6 Å². The summed E-state index contributed by atoms with van der Waals surface area (Å²) in [5.41, 5.74) is -0.970. The molecule has 1 aromatic heterocycles. The number of pyridine rings is 1. The minimum absolute atomic E-state index is 0.0766. The van der Waals surface area contributed by atoms with Crippen LogP contribution in [0.2, 0.25) is 5.02 Å². The molecule has 2 aromatic rings. The molecule has 1 N–H and O–H groups in total. The lowest BCUT2D eigenvalue weighted by Crippen LogP contribution is -2.37. The van der Waals surface area contributed by atoms with Gasteiger partial charge in [-0.1, -0.05) is 31.4 Å². The van der Waals surface area contributed by atoms with Crippen LogP contribution in [0.4, 0.5) is 18.0 Å². The topological polar surface area (TPSA) is 106 Å². The van der Waals surface area contributed by atoms with Crippen molar-refractivity contribution in [2.75, 3.05) is 5.75 Å². The highest BCUT2D eigenvalue weighted by Gasteiger charge is 2.32. The largest absolute Gasteiger partial charge is 0.491 e. The summed E-state index contributed by atoms with van der Waals surface area (Å²) in [4.78, 5) is 15.4. The summed E-state index contributed by atoms with van der Waals surface area (Å²) in [5.74, 6) is -0.512. The lowest BCUT2D eigenvalue weighted by molar-refractivity contribution is -0.137. The molecule has 0 saturated carbocycles. The van der Waals surface area contributed by atoms with E-state index in [9.17, 15) is 31.5 Å². The number of nitrogens with zero attached hydrogens (tertiary/aromatic N) is 2. The lowest BCUT2D eigenvalue weighted by atomic mass is 10.2. The van der Waals surface area contributed by atoms with Gasteiger partial charge in [0.15, 0.2) is 0 Å². The molecule has 13 heteroatoms. The fourth-order valence-electron chi connectivity index (χ4n) is 2.95. The first-order valence-corrected chi connectivity index (χ1v) is 12.7. The average molecular weight is 539 g/mol. The highest BCUT2D eigenvalue weighted by Crippen LogP contribution is 2.37. The molecule has 0 aliphatic carbocycles. The first-order valence-electron chi connectivity index (χ1n) is 10.7. The molecule has 8 nitrogen and oxygen atoms in total. The number of alkyl halides is 3. The van der Waals surface area contributed by atoms with Gasteiger partial charge >= 0.3 is 12.3 Å². The van der Waals surface area contributed by atoms with Crippen molar-refractivity contribution in [2.45, 2.75) is 58.9 Å². The van der Waals surface area contributed by atoms with Crippen LogP contribution in [-0.4, -0.2) is 40.8 Å². The fraction of sp³-hybridized carbons (Fsp3) is 0.455. The second-order valence-electron chi connectivity index (χ2n) is 7.86. The minimum atomic E-state index is -4.67. The van der Waals surface area contributed by atoms with Crippen LogP contribution in [0.3, 0.4) is 0 Å². The van der Waals surface area contributed by atoms with E-state index in [1.54, 1.807) is 13.8 Å². The summed E-state index contributed by atoms with van der Waals surface area (Å²) in [6.45, 7) is 4.81. The van der Waals surface area contributed by atoms with Crippen molar-refractivity contribution < 1.29 is 41.0 Å². The van der Waals surface area contributed by atoms with E-state index in [1.807, 2.05) is 6.92 Å². The molecule has 0 spiro atoms. The molecule has 0 fully saturated rings. The third kappa shape index (κ3) is 8.17. The Bertz CT molecular complexity index is 1140. The highest BCUT2D eigenvalue weighted by atomic mass is 35.5. The van der Waals surface area contributed by atoms with E-state index >= 15 is 0 Å². The van der Waals surface area contributed by atoms with E-state index in [2.05, 4.69) is 4.98 Å². The monoisotopic (exact) mass is 538 g/mol. The van der Waals surface area contributed by atoms with Gasteiger partial charge in [-0.2, -0.15) is 17.5 Å². The molecule has 0 atom stereocenters. The molecule has 2 rings (SSSR count). The van der Waals surface area contributed by atoms with Gasteiger partial charge in [0.1, 0.15) is 16.5 Å². The van der Waals surface area contributed by atoms with Crippen molar-refractivity contribution in [3.05, 3.63) is 46.6 Å². The second kappa shape index (κ2) is 11.8. The Labute approximate surface area is 206 Å². The average Bonchev–Trinajstić information content (AvgIpc) is 2.73. The number of aromatic nitrogens is 1. The lowest BCUT2D eigenvalue weighted by Gasteiger charge is -2.21. The van der Waals surface area contributed by atoms with Gasteiger partial charge in [-0.3, -0.25) is 0 Å². The number of hydrogen-bond donors (Lipinski definition) is 1. The smallest absolute Gasteiger partial charge is 0.421 e. The van der Waals surface area contributed by atoms with Crippen LogP contribution in [-0.2, 0) is 22.7 Å². The van der Waals surface area contributed by atoms with Crippen molar-refractivity contribution in [1.82, 2.24) is 9.29 Å². The third-order valence-corrected chi connectivity index (χ3v) is 6.65. The molecular weight excluding hydrogens is 513 g/mol. The molecular formula is C22H26ClF3N2O6S. The number of rotatable bonds is 11. The maximum absolute atomic E-state index is 12.9. The third-order valence-electron chi connectivity index (χ3n) is 4.62. The summed E-state index contributed by atoms with van der Waals surface area (Å²) in [6, 6.07) is 4.89. The van der Waals surface area contributed by atoms with Crippen molar-refractivity contribution >= 4 is 27.7 Å². The summed E-state index contributed by atoms with van der Waals surface area (Å²) in [6.07, 6.45) is -4.40. The highest BCUT2D eigenvalue weighted by molar-refractivity contribution is 7.89. The van der Waals surface area contributed by atoms with E-state index in [-0.39, 0.29) is 35.5 Å². The van der Waals surface area contributed by atoms with E-state index in [1.165, 1.54) is 18.2 Å². The van der Waals surface area contributed by atoms with Gasteiger partial charge in [0.25, 0.3) is 0 Å². The second-order valence-corrected chi connectivity index (χ2v) is 10.3. The molecule has 0 bridgehead atoms. The fourth-order valence-corrected chi connectivity index (χ4v) is 4.52. The predicted molar refractivity (Wildman–Crippen MR) is 123 cm³/mol. The van der Waals surface area contributed by atoms with Crippen LogP contribution in [0.1, 0.15) is 51.2 Å². The van der Waals surface area contributed by atoms with Crippen LogP contribution in [0.25, 0.3) is 0 Å². The Morgan fingerprint density at radius 2 is 1.91 bits per heavy atom. The number of ether oxygens (including phenoxy) is 2.